The average molecular weight is 290 g/mol. The van der Waals surface area contributed by atoms with Crippen molar-refractivity contribution >= 4 is 16.1 Å². The number of rotatable bonds is 3. The lowest BCUT2D eigenvalue weighted by atomic mass is 10.3. The fraction of sp³-hybridized carbons (Fsp3) is 0.0714. The van der Waals surface area contributed by atoms with Crippen molar-refractivity contribution in [2.45, 2.75) is 11.3 Å². The lowest BCUT2D eigenvalue weighted by molar-refractivity contribution is 0.248. The standard InChI is InChI=1S/C14H14N2O3S/c17-14(15-12-8-4-1-2-5-9-12)16-20(18,19)13-10-6-3-7-11-13/h1-8,10-11H,9H2,(H2,15,16,17). The molecule has 104 valence electrons. The lowest BCUT2D eigenvalue weighted by Crippen LogP contribution is -2.38. The van der Waals surface area contributed by atoms with Crippen molar-refractivity contribution in [3.63, 3.8) is 0 Å². The summed E-state index contributed by atoms with van der Waals surface area (Å²) in [7, 11) is -3.84. The topological polar surface area (TPSA) is 75.3 Å². The summed E-state index contributed by atoms with van der Waals surface area (Å²) in [5.74, 6) is 0. The molecule has 0 saturated heterocycles. The third-order valence-corrected chi connectivity index (χ3v) is 3.90. The van der Waals surface area contributed by atoms with Gasteiger partial charge in [-0.3, -0.25) is 0 Å². The number of benzene rings is 1. The Morgan fingerprint density at radius 3 is 2.55 bits per heavy atom. The number of sulfonamides is 1. The van der Waals surface area contributed by atoms with E-state index in [0.717, 1.165) is 0 Å². The van der Waals surface area contributed by atoms with Gasteiger partial charge in [-0.15, -0.1) is 0 Å². The summed E-state index contributed by atoms with van der Waals surface area (Å²) >= 11 is 0. The molecule has 1 aromatic carbocycles. The van der Waals surface area contributed by atoms with E-state index in [4.69, 9.17) is 0 Å². The molecule has 0 heterocycles. The van der Waals surface area contributed by atoms with Crippen LogP contribution in [0.25, 0.3) is 0 Å². The van der Waals surface area contributed by atoms with Crippen molar-refractivity contribution in [2.24, 2.45) is 0 Å². The monoisotopic (exact) mass is 290 g/mol. The minimum absolute atomic E-state index is 0.0461. The van der Waals surface area contributed by atoms with Crippen LogP contribution in [0.2, 0.25) is 0 Å². The van der Waals surface area contributed by atoms with Crippen molar-refractivity contribution in [1.82, 2.24) is 10.0 Å². The van der Waals surface area contributed by atoms with Crippen LogP contribution in [0.3, 0.4) is 0 Å². The molecule has 0 radical (unpaired) electrons. The number of hydrogen-bond donors (Lipinski definition) is 2. The van der Waals surface area contributed by atoms with Crippen molar-refractivity contribution in [1.29, 1.82) is 0 Å². The largest absolute Gasteiger partial charge is 0.332 e. The van der Waals surface area contributed by atoms with Crippen LogP contribution in [0.4, 0.5) is 4.79 Å². The van der Waals surface area contributed by atoms with Crippen LogP contribution in [-0.4, -0.2) is 14.4 Å². The Kier molecular flexibility index (Phi) is 4.37. The third-order valence-electron chi connectivity index (χ3n) is 2.55. The number of nitrogens with one attached hydrogen (secondary N) is 2. The maximum Gasteiger partial charge on any atom is 0.332 e. The van der Waals surface area contributed by atoms with Crippen molar-refractivity contribution in [3.8, 4) is 0 Å². The fourth-order valence-corrected chi connectivity index (χ4v) is 2.55. The molecule has 5 nitrogen and oxygen atoms in total. The van der Waals surface area contributed by atoms with Gasteiger partial charge in [0.1, 0.15) is 0 Å². The molecule has 6 heteroatoms. The van der Waals surface area contributed by atoms with Gasteiger partial charge in [-0.05, 0) is 18.2 Å². The molecule has 1 aliphatic rings. The molecule has 0 fully saturated rings. The summed E-state index contributed by atoms with van der Waals surface area (Å²) in [4.78, 5) is 11.8. The highest BCUT2D eigenvalue weighted by molar-refractivity contribution is 7.90. The van der Waals surface area contributed by atoms with Gasteiger partial charge < -0.3 is 5.32 Å². The molecule has 2 N–H and O–H groups in total. The smallest absolute Gasteiger partial charge is 0.311 e. The maximum absolute atomic E-state index is 11.9. The van der Waals surface area contributed by atoms with E-state index in [1.807, 2.05) is 23.0 Å². The van der Waals surface area contributed by atoms with Crippen LogP contribution < -0.4 is 10.0 Å². The highest BCUT2D eigenvalue weighted by Gasteiger charge is 2.17. The summed E-state index contributed by atoms with van der Waals surface area (Å²) in [6.07, 6.45) is 9.56. The van der Waals surface area contributed by atoms with E-state index in [9.17, 15) is 13.2 Å². The van der Waals surface area contributed by atoms with E-state index in [0.29, 0.717) is 12.1 Å². The zero-order valence-corrected chi connectivity index (χ0v) is 11.4. The second kappa shape index (κ2) is 6.21. The molecule has 20 heavy (non-hydrogen) atoms. The quantitative estimate of drug-likeness (QED) is 0.895. The molecule has 1 aliphatic carbocycles. The molecule has 2 amide bonds. The Balaban J connectivity index is 2.03. The molecule has 0 bridgehead atoms. The Morgan fingerprint density at radius 2 is 1.80 bits per heavy atom. The second-order valence-electron chi connectivity index (χ2n) is 4.08. The first-order valence-corrected chi connectivity index (χ1v) is 7.47. The molecular weight excluding hydrogens is 276 g/mol. The van der Waals surface area contributed by atoms with Crippen LogP contribution >= 0.6 is 0 Å². The second-order valence-corrected chi connectivity index (χ2v) is 5.76. The van der Waals surface area contributed by atoms with Gasteiger partial charge in [0, 0.05) is 12.1 Å². The van der Waals surface area contributed by atoms with Crippen LogP contribution in [0.15, 0.2) is 71.3 Å². The number of carbonyl (C=O) groups is 1. The predicted molar refractivity (Wildman–Crippen MR) is 76.3 cm³/mol. The molecule has 0 aliphatic heterocycles. The van der Waals surface area contributed by atoms with E-state index < -0.39 is 16.1 Å². The summed E-state index contributed by atoms with van der Waals surface area (Å²) in [6, 6.07) is 6.96. The van der Waals surface area contributed by atoms with Crippen LogP contribution in [0, 0.1) is 0 Å². The normalized spacial score (nSPS) is 14.3. The fourth-order valence-electron chi connectivity index (χ4n) is 1.62. The van der Waals surface area contributed by atoms with Gasteiger partial charge in [0.15, 0.2) is 0 Å². The molecular formula is C14H14N2O3S. The van der Waals surface area contributed by atoms with E-state index in [1.54, 1.807) is 30.4 Å². The molecule has 1 aromatic rings. The van der Waals surface area contributed by atoms with Crippen molar-refractivity contribution in [2.75, 3.05) is 0 Å². The minimum Gasteiger partial charge on any atom is -0.311 e. The van der Waals surface area contributed by atoms with Gasteiger partial charge in [-0.2, -0.15) is 0 Å². The Bertz CT molecular complexity index is 674. The number of urea groups is 1. The molecule has 0 aromatic heterocycles. The van der Waals surface area contributed by atoms with Gasteiger partial charge in [0.25, 0.3) is 10.0 Å². The van der Waals surface area contributed by atoms with Crippen LogP contribution in [0.1, 0.15) is 6.42 Å². The summed E-state index contributed by atoms with van der Waals surface area (Å²) in [6.45, 7) is 0. The molecule has 0 spiro atoms. The van der Waals surface area contributed by atoms with Gasteiger partial charge in [-0.1, -0.05) is 42.5 Å². The first-order valence-electron chi connectivity index (χ1n) is 5.99. The molecule has 2 rings (SSSR count). The number of carbonyl (C=O) groups excluding carboxylic acids is 1. The zero-order chi connectivity index (χ0) is 14.4. The van der Waals surface area contributed by atoms with E-state index in [2.05, 4.69) is 5.32 Å². The average Bonchev–Trinajstić information content (AvgIpc) is 2.67. The zero-order valence-electron chi connectivity index (χ0n) is 10.6. The summed E-state index contributed by atoms with van der Waals surface area (Å²) < 4.78 is 25.8. The Hall–Kier alpha value is -2.34. The van der Waals surface area contributed by atoms with Gasteiger partial charge in [-0.25, -0.2) is 17.9 Å². The van der Waals surface area contributed by atoms with Crippen molar-refractivity contribution in [3.05, 3.63) is 66.4 Å². The molecule has 0 unspecified atom stereocenters. The van der Waals surface area contributed by atoms with E-state index in [-0.39, 0.29) is 4.90 Å². The van der Waals surface area contributed by atoms with Gasteiger partial charge >= 0.3 is 6.03 Å². The molecule has 0 atom stereocenters. The first kappa shape index (κ1) is 14.1. The highest BCUT2D eigenvalue weighted by atomic mass is 32.2. The van der Waals surface area contributed by atoms with E-state index in [1.165, 1.54) is 12.1 Å². The van der Waals surface area contributed by atoms with E-state index >= 15 is 0 Å². The third kappa shape index (κ3) is 3.83. The highest BCUT2D eigenvalue weighted by Crippen LogP contribution is 2.08. The van der Waals surface area contributed by atoms with Crippen molar-refractivity contribution < 1.29 is 13.2 Å². The maximum atomic E-state index is 11.9. The molecule has 0 saturated carbocycles. The Morgan fingerprint density at radius 1 is 1.05 bits per heavy atom. The van der Waals surface area contributed by atoms with Gasteiger partial charge in [0.2, 0.25) is 0 Å². The number of allylic oxidation sites excluding steroid dienone is 5. The summed E-state index contributed by atoms with van der Waals surface area (Å²) in [5.41, 5.74) is 0.621. The minimum atomic E-state index is -3.84. The predicted octanol–water partition coefficient (Wildman–Crippen LogP) is 2.07. The number of hydrogen-bond acceptors (Lipinski definition) is 3. The lowest BCUT2D eigenvalue weighted by Gasteiger charge is -2.09. The SMILES string of the molecule is O=C(NC1=CC=CC=CC1)NS(=O)(=O)c1ccccc1. The van der Waals surface area contributed by atoms with Crippen LogP contribution in [0.5, 0.6) is 0 Å². The van der Waals surface area contributed by atoms with Crippen LogP contribution in [-0.2, 0) is 10.0 Å². The Labute approximate surface area is 117 Å². The number of amides is 2. The summed E-state index contributed by atoms with van der Waals surface area (Å²) in [5, 5.41) is 2.51. The first-order chi connectivity index (χ1) is 9.58. The van der Waals surface area contributed by atoms with Gasteiger partial charge in [0.05, 0.1) is 4.90 Å².